The van der Waals surface area contributed by atoms with Crippen LogP contribution in [0, 0.1) is 0 Å². The molecule has 2 amide bonds. The van der Waals surface area contributed by atoms with Gasteiger partial charge in [0, 0.05) is 18.4 Å². The molecule has 136 valence electrons. The van der Waals surface area contributed by atoms with E-state index in [1.807, 2.05) is 0 Å². The summed E-state index contributed by atoms with van der Waals surface area (Å²) >= 11 is 1.41. The first kappa shape index (κ1) is 17.8. The van der Waals surface area contributed by atoms with Gasteiger partial charge in [-0.2, -0.15) is 0 Å². The van der Waals surface area contributed by atoms with Crippen molar-refractivity contribution in [1.82, 2.24) is 30.3 Å². The van der Waals surface area contributed by atoms with Gasteiger partial charge in [0.05, 0.1) is 6.54 Å². The third kappa shape index (κ3) is 4.15. The zero-order valence-corrected chi connectivity index (χ0v) is 15.8. The molecule has 0 atom stereocenters. The summed E-state index contributed by atoms with van der Waals surface area (Å²) in [7, 11) is 0. The minimum atomic E-state index is -0.303. The molecule has 0 radical (unpaired) electrons. The molecule has 0 saturated heterocycles. The SMILES string of the molecule is CCC(C)(C)c1nnc(NC(=O)NCc2nnc3n2CCCCC3)s1. The summed E-state index contributed by atoms with van der Waals surface area (Å²) in [4.78, 5) is 12.1. The molecule has 0 aromatic carbocycles. The van der Waals surface area contributed by atoms with Crippen molar-refractivity contribution in [2.24, 2.45) is 0 Å². The van der Waals surface area contributed by atoms with Crippen LogP contribution in [0.1, 0.15) is 63.1 Å². The highest BCUT2D eigenvalue weighted by Crippen LogP contribution is 2.30. The van der Waals surface area contributed by atoms with Crippen molar-refractivity contribution < 1.29 is 4.79 Å². The van der Waals surface area contributed by atoms with Gasteiger partial charge >= 0.3 is 6.03 Å². The standard InChI is InChI=1S/C16H25N7OS/c1-4-16(2,3)13-21-22-15(25-13)18-14(24)17-10-12-20-19-11-8-6-5-7-9-23(11)12/h4-10H2,1-3H3,(H2,17,18,22,24). The van der Waals surface area contributed by atoms with E-state index in [4.69, 9.17) is 0 Å². The number of hydrogen-bond donors (Lipinski definition) is 2. The lowest BCUT2D eigenvalue weighted by Crippen LogP contribution is -2.29. The molecule has 2 aromatic rings. The summed E-state index contributed by atoms with van der Waals surface area (Å²) < 4.78 is 2.13. The van der Waals surface area contributed by atoms with E-state index in [0.29, 0.717) is 11.7 Å². The van der Waals surface area contributed by atoms with Crippen molar-refractivity contribution in [3.63, 3.8) is 0 Å². The Balaban J connectivity index is 1.56. The maximum atomic E-state index is 12.1. The van der Waals surface area contributed by atoms with Gasteiger partial charge in [0.15, 0.2) is 5.82 Å². The number of amides is 2. The quantitative estimate of drug-likeness (QED) is 0.851. The highest BCUT2D eigenvalue weighted by molar-refractivity contribution is 7.15. The molecule has 1 aliphatic rings. The predicted molar refractivity (Wildman–Crippen MR) is 96.7 cm³/mol. The van der Waals surface area contributed by atoms with E-state index in [1.54, 1.807) is 0 Å². The fourth-order valence-electron chi connectivity index (χ4n) is 2.68. The molecule has 3 rings (SSSR count). The van der Waals surface area contributed by atoms with E-state index in [9.17, 15) is 4.79 Å². The van der Waals surface area contributed by atoms with Crippen LogP contribution in [0.25, 0.3) is 0 Å². The van der Waals surface area contributed by atoms with Gasteiger partial charge in [-0.3, -0.25) is 5.32 Å². The Morgan fingerprint density at radius 3 is 2.84 bits per heavy atom. The minimum Gasteiger partial charge on any atom is -0.331 e. The van der Waals surface area contributed by atoms with Gasteiger partial charge in [0.1, 0.15) is 10.8 Å². The largest absolute Gasteiger partial charge is 0.331 e. The van der Waals surface area contributed by atoms with Crippen LogP contribution in [0.2, 0.25) is 0 Å². The number of urea groups is 1. The molecule has 0 bridgehead atoms. The predicted octanol–water partition coefficient (Wildman–Crippen LogP) is 2.87. The Bertz CT molecular complexity index is 737. The molecule has 9 heteroatoms. The van der Waals surface area contributed by atoms with Crippen molar-refractivity contribution in [2.75, 3.05) is 5.32 Å². The van der Waals surface area contributed by atoms with Gasteiger partial charge in [-0.15, -0.1) is 20.4 Å². The maximum absolute atomic E-state index is 12.1. The Labute approximate surface area is 151 Å². The van der Waals surface area contributed by atoms with Crippen LogP contribution in [0.4, 0.5) is 9.93 Å². The van der Waals surface area contributed by atoms with Gasteiger partial charge in [0.25, 0.3) is 0 Å². The average molecular weight is 363 g/mol. The lowest BCUT2D eigenvalue weighted by molar-refractivity contribution is 0.251. The number of carbonyl (C=O) groups is 1. The van der Waals surface area contributed by atoms with Crippen molar-refractivity contribution in [3.8, 4) is 0 Å². The summed E-state index contributed by atoms with van der Waals surface area (Å²) in [6.45, 7) is 7.63. The first-order valence-corrected chi connectivity index (χ1v) is 9.61. The second kappa shape index (κ2) is 7.47. The maximum Gasteiger partial charge on any atom is 0.321 e. The van der Waals surface area contributed by atoms with Crippen molar-refractivity contribution in [2.45, 2.75) is 71.4 Å². The summed E-state index contributed by atoms with van der Waals surface area (Å²) in [5.41, 5.74) is -0.0346. The second-order valence-electron chi connectivity index (χ2n) is 6.95. The molecule has 8 nitrogen and oxygen atoms in total. The molecule has 0 unspecified atom stereocenters. The van der Waals surface area contributed by atoms with E-state index in [1.165, 1.54) is 17.8 Å². The van der Waals surface area contributed by atoms with E-state index < -0.39 is 0 Å². The smallest absolute Gasteiger partial charge is 0.321 e. The summed E-state index contributed by atoms with van der Waals surface area (Å²) in [5, 5.41) is 23.7. The minimum absolute atomic E-state index is 0.0346. The molecular formula is C16H25N7OS. The van der Waals surface area contributed by atoms with Crippen LogP contribution in [0.3, 0.4) is 0 Å². The first-order valence-electron chi connectivity index (χ1n) is 8.79. The zero-order chi connectivity index (χ0) is 17.9. The van der Waals surface area contributed by atoms with Gasteiger partial charge in [-0.05, 0) is 19.3 Å². The monoisotopic (exact) mass is 363 g/mol. The fraction of sp³-hybridized carbons (Fsp3) is 0.688. The molecule has 0 spiro atoms. The molecule has 2 aromatic heterocycles. The summed E-state index contributed by atoms with van der Waals surface area (Å²) in [5.74, 6) is 1.82. The molecule has 3 heterocycles. The van der Waals surface area contributed by atoms with Gasteiger partial charge in [-0.25, -0.2) is 4.79 Å². The molecule has 1 aliphatic heterocycles. The fourth-order valence-corrected chi connectivity index (χ4v) is 3.59. The number of aryl methyl sites for hydroxylation is 1. The van der Waals surface area contributed by atoms with E-state index >= 15 is 0 Å². The average Bonchev–Trinajstić information content (AvgIpc) is 3.14. The molecule has 25 heavy (non-hydrogen) atoms. The number of hydrogen-bond acceptors (Lipinski definition) is 6. The zero-order valence-electron chi connectivity index (χ0n) is 15.0. The van der Waals surface area contributed by atoms with Crippen LogP contribution < -0.4 is 10.6 Å². The number of fused-ring (bicyclic) bond motifs is 1. The summed E-state index contributed by atoms with van der Waals surface area (Å²) in [6.07, 6.45) is 5.42. The van der Waals surface area contributed by atoms with Crippen LogP contribution >= 0.6 is 11.3 Å². The lowest BCUT2D eigenvalue weighted by Gasteiger charge is -2.17. The Morgan fingerprint density at radius 1 is 1.20 bits per heavy atom. The molecule has 2 N–H and O–H groups in total. The van der Waals surface area contributed by atoms with E-state index in [-0.39, 0.29) is 11.4 Å². The van der Waals surface area contributed by atoms with Crippen molar-refractivity contribution in [1.29, 1.82) is 0 Å². The van der Waals surface area contributed by atoms with Crippen molar-refractivity contribution >= 4 is 22.5 Å². The topological polar surface area (TPSA) is 97.6 Å². The van der Waals surface area contributed by atoms with Gasteiger partial charge < -0.3 is 9.88 Å². The third-order valence-corrected chi connectivity index (χ3v) is 5.91. The van der Waals surface area contributed by atoms with Crippen LogP contribution in [-0.4, -0.2) is 31.0 Å². The van der Waals surface area contributed by atoms with Gasteiger partial charge in [0.2, 0.25) is 5.13 Å². The molecule has 0 aliphatic carbocycles. The van der Waals surface area contributed by atoms with Crippen LogP contribution in [0.15, 0.2) is 0 Å². The molecule has 0 fully saturated rings. The second-order valence-corrected chi connectivity index (χ2v) is 7.93. The highest BCUT2D eigenvalue weighted by atomic mass is 32.1. The first-order chi connectivity index (χ1) is 12.0. The number of nitrogens with one attached hydrogen (secondary N) is 2. The highest BCUT2D eigenvalue weighted by Gasteiger charge is 2.23. The number of aromatic nitrogens is 5. The number of anilines is 1. The third-order valence-electron chi connectivity index (χ3n) is 4.70. The molecular weight excluding hydrogens is 338 g/mol. The normalized spacial score (nSPS) is 14.7. The number of carbonyl (C=O) groups excluding carboxylic acids is 1. The van der Waals surface area contributed by atoms with Crippen molar-refractivity contribution in [3.05, 3.63) is 16.7 Å². The summed E-state index contributed by atoms with van der Waals surface area (Å²) in [6, 6.07) is -0.303. The van der Waals surface area contributed by atoms with E-state index in [0.717, 1.165) is 48.9 Å². The molecule has 0 saturated carbocycles. The Kier molecular flexibility index (Phi) is 5.31. The van der Waals surface area contributed by atoms with Crippen LogP contribution in [-0.2, 0) is 24.9 Å². The van der Waals surface area contributed by atoms with Crippen LogP contribution in [0.5, 0.6) is 0 Å². The number of nitrogens with zero attached hydrogens (tertiary/aromatic N) is 5. The number of rotatable bonds is 5. The van der Waals surface area contributed by atoms with Gasteiger partial charge in [-0.1, -0.05) is 38.5 Å². The Morgan fingerprint density at radius 2 is 2.04 bits per heavy atom. The van der Waals surface area contributed by atoms with E-state index in [2.05, 4.69) is 56.4 Å². The lowest BCUT2D eigenvalue weighted by atomic mass is 9.91. The Hall–Kier alpha value is -2.03.